The lowest BCUT2D eigenvalue weighted by molar-refractivity contribution is -0.140. The van der Waals surface area contributed by atoms with E-state index in [1.165, 1.54) is 38.5 Å². The number of unbranched alkanes of at least 4 members (excludes halogenated alkanes) is 10. The van der Waals surface area contributed by atoms with Crippen molar-refractivity contribution in [3.05, 3.63) is 0 Å². The number of rotatable bonds is 19. The van der Waals surface area contributed by atoms with E-state index < -0.39 is 13.6 Å². The number of ether oxygens (including phenoxy) is 1. The summed E-state index contributed by atoms with van der Waals surface area (Å²) in [6.07, 6.45) is 13.2. The molecule has 0 N–H and O–H groups in total. The van der Waals surface area contributed by atoms with Gasteiger partial charge in [-0.05, 0) is 19.8 Å². The zero-order chi connectivity index (χ0) is 19.5. The quantitative estimate of drug-likeness (QED) is 0.143. The largest absolute Gasteiger partial charge is 0.466 e. The highest BCUT2D eigenvalue weighted by Gasteiger charge is 2.29. The molecule has 5 nitrogen and oxygen atoms in total. The first kappa shape index (κ1) is 25.6. The SMILES string of the molecule is CCCCCCCCOP(=O)(CC(=O)OCC)OCCCCCCCC. The van der Waals surface area contributed by atoms with Crippen molar-refractivity contribution in [1.29, 1.82) is 0 Å². The van der Waals surface area contributed by atoms with Crippen molar-refractivity contribution in [2.45, 2.75) is 97.8 Å². The van der Waals surface area contributed by atoms with Gasteiger partial charge in [0.1, 0.15) is 6.16 Å². The molecule has 0 aromatic rings. The molecule has 0 saturated heterocycles. The van der Waals surface area contributed by atoms with Crippen molar-refractivity contribution in [1.82, 2.24) is 0 Å². The van der Waals surface area contributed by atoms with Crippen molar-refractivity contribution in [3.8, 4) is 0 Å². The molecule has 0 aromatic heterocycles. The highest BCUT2D eigenvalue weighted by molar-refractivity contribution is 7.54. The van der Waals surface area contributed by atoms with E-state index in [0.29, 0.717) is 13.2 Å². The molecular weight excluding hydrogens is 351 g/mol. The van der Waals surface area contributed by atoms with Crippen LogP contribution < -0.4 is 0 Å². The third-order valence-corrected chi connectivity index (χ3v) is 6.00. The summed E-state index contributed by atoms with van der Waals surface area (Å²) in [6, 6.07) is 0. The summed E-state index contributed by atoms with van der Waals surface area (Å²) in [5.41, 5.74) is 0. The maximum atomic E-state index is 12.8. The predicted octanol–water partition coefficient (Wildman–Crippen LogP) is 6.50. The summed E-state index contributed by atoms with van der Waals surface area (Å²) in [5, 5.41) is 0. The number of carbonyl (C=O) groups is 1. The van der Waals surface area contributed by atoms with Crippen molar-refractivity contribution < 1.29 is 23.1 Å². The van der Waals surface area contributed by atoms with Crippen molar-refractivity contribution in [3.63, 3.8) is 0 Å². The first-order valence-corrected chi connectivity index (χ1v) is 12.3. The molecule has 0 fully saturated rings. The van der Waals surface area contributed by atoms with Gasteiger partial charge in [0.2, 0.25) is 0 Å². The molecule has 156 valence electrons. The van der Waals surface area contributed by atoms with Gasteiger partial charge in [0.15, 0.2) is 0 Å². The van der Waals surface area contributed by atoms with Gasteiger partial charge in [0.25, 0.3) is 0 Å². The summed E-state index contributed by atoms with van der Waals surface area (Å²) in [5.74, 6) is -0.512. The second-order valence-electron chi connectivity index (χ2n) is 6.78. The molecule has 0 heterocycles. The standard InChI is InChI=1S/C20H41O5P/c1-4-7-9-11-13-15-17-24-26(22,19-20(21)23-6-3)25-18-16-14-12-10-8-5-2/h4-19H2,1-3H3. The Labute approximate surface area is 161 Å². The summed E-state index contributed by atoms with van der Waals surface area (Å²) >= 11 is 0. The molecule has 0 rings (SSSR count). The summed E-state index contributed by atoms with van der Waals surface area (Å²) < 4.78 is 28.8. The first-order valence-electron chi connectivity index (χ1n) is 10.6. The second kappa shape index (κ2) is 18.0. The van der Waals surface area contributed by atoms with Gasteiger partial charge >= 0.3 is 13.6 Å². The fraction of sp³-hybridized carbons (Fsp3) is 0.950. The second-order valence-corrected chi connectivity index (χ2v) is 8.83. The van der Waals surface area contributed by atoms with Gasteiger partial charge in [0.05, 0.1) is 19.8 Å². The van der Waals surface area contributed by atoms with E-state index >= 15 is 0 Å². The minimum absolute atomic E-state index is 0.272. The van der Waals surface area contributed by atoms with Crippen LogP contribution in [0.2, 0.25) is 0 Å². The Balaban J connectivity index is 4.13. The van der Waals surface area contributed by atoms with Crippen LogP contribution in [-0.4, -0.2) is 32.0 Å². The van der Waals surface area contributed by atoms with Crippen LogP contribution in [0.1, 0.15) is 97.8 Å². The van der Waals surface area contributed by atoms with Crippen LogP contribution in [0.25, 0.3) is 0 Å². The molecule has 0 atom stereocenters. The number of esters is 1. The van der Waals surface area contributed by atoms with Gasteiger partial charge in [-0.25, -0.2) is 0 Å². The van der Waals surface area contributed by atoms with Crippen LogP contribution in [-0.2, 0) is 23.1 Å². The number of carbonyl (C=O) groups excluding carboxylic acids is 1. The zero-order valence-electron chi connectivity index (χ0n) is 17.3. The van der Waals surface area contributed by atoms with Crippen molar-refractivity contribution in [2.24, 2.45) is 0 Å². The molecule has 0 bridgehead atoms. The van der Waals surface area contributed by atoms with Gasteiger partial charge in [-0.1, -0.05) is 78.1 Å². The first-order chi connectivity index (χ1) is 12.6. The maximum absolute atomic E-state index is 12.8. The van der Waals surface area contributed by atoms with Crippen molar-refractivity contribution in [2.75, 3.05) is 26.0 Å². The Kier molecular flexibility index (Phi) is 17.7. The lowest BCUT2D eigenvalue weighted by Crippen LogP contribution is -2.13. The molecule has 0 amide bonds. The maximum Gasteiger partial charge on any atom is 0.341 e. The van der Waals surface area contributed by atoms with Crippen LogP contribution >= 0.6 is 7.60 Å². The van der Waals surface area contributed by atoms with E-state index in [9.17, 15) is 9.36 Å². The van der Waals surface area contributed by atoms with Gasteiger partial charge in [-0.2, -0.15) is 0 Å². The molecule has 26 heavy (non-hydrogen) atoms. The Morgan fingerprint density at radius 2 is 1.12 bits per heavy atom. The monoisotopic (exact) mass is 392 g/mol. The fourth-order valence-corrected chi connectivity index (χ4v) is 4.14. The lowest BCUT2D eigenvalue weighted by Gasteiger charge is -2.18. The molecule has 0 unspecified atom stereocenters. The van der Waals surface area contributed by atoms with Crippen LogP contribution in [0.15, 0.2) is 0 Å². The molecule has 0 aromatic carbocycles. The summed E-state index contributed by atoms with van der Waals surface area (Å²) in [4.78, 5) is 11.7. The minimum atomic E-state index is -3.40. The van der Waals surface area contributed by atoms with Crippen molar-refractivity contribution >= 4 is 13.6 Å². The van der Waals surface area contributed by atoms with E-state index in [-0.39, 0.29) is 12.8 Å². The third kappa shape index (κ3) is 15.8. The average Bonchev–Trinajstić information content (AvgIpc) is 2.60. The number of hydrogen-bond donors (Lipinski definition) is 0. The van der Waals surface area contributed by atoms with E-state index in [2.05, 4.69) is 13.8 Å². The topological polar surface area (TPSA) is 61.8 Å². The van der Waals surface area contributed by atoms with E-state index in [0.717, 1.165) is 38.5 Å². The summed E-state index contributed by atoms with van der Waals surface area (Å²) in [7, 11) is -3.40. The molecular formula is C20H41O5P. The summed E-state index contributed by atoms with van der Waals surface area (Å²) in [6.45, 7) is 7.13. The smallest absolute Gasteiger partial charge is 0.341 e. The fourth-order valence-electron chi connectivity index (χ4n) is 2.67. The van der Waals surface area contributed by atoms with E-state index in [4.69, 9.17) is 13.8 Å². The molecule has 0 radical (unpaired) electrons. The van der Waals surface area contributed by atoms with Gasteiger partial charge in [0, 0.05) is 0 Å². The Hall–Kier alpha value is -0.380. The van der Waals surface area contributed by atoms with Crippen LogP contribution in [0.5, 0.6) is 0 Å². The molecule has 0 aliphatic heterocycles. The Morgan fingerprint density at radius 3 is 1.54 bits per heavy atom. The Morgan fingerprint density at radius 1 is 0.692 bits per heavy atom. The van der Waals surface area contributed by atoms with Crippen LogP contribution in [0.3, 0.4) is 0 Å². The average molecular weight is 393 g/mol. The molecule has 0 saturated carbocycles. The molecule has 6 heteroatoms. The minimum Gasteiger partial charge on any atom is -0.466 e. The third-order valence-electron chi connectivity index (χ3n) is 4.20. The molecule has 0 spiro atoms. The normalized spacial score (nSPS) is 11.7. The highest BCUT2D eigenvalue weighted by Crippen LogP contribution is 2.48. The lowest BCUT2D eigenvalue weighted by atomic mass is 10.1. The zero-order valence-corrected chi connectivity index (χ0v) is 18.2. The van der Waals surface area contributed by atoms with E-state index in [1.807, 2.05) is 0 Å². The van der Waals surface area contributed by atoms with Crippen LogP contribution in [0, 0.1) is 0 Å². The van der Waals surface area contributed by atoms with Crippen LogP contribution in [0.4, 0.5) is 0 Å². The van der Waals surface area contributed by atoms with Gasteiger partial charge < -0.3 is 13.8 Å². The Bertz CT molecular complexity index is 351. The van der Waals surface area contributed by atoms with E-state index in [1.54, 1.807) is 6.92 Å². The number of hydrogen-bond acceptors (Lipinski definition) is 5. The highest BCUT2D eigenvalue weighted by atomic mass is 31.2. The van der Waals surface area contributed by atoms with Gasteiger partial charge in [-0.15, -0.1) is 0 Å². The predicted molar refractivity (Wildman–Crippen MR) is 108 cm³/mol. The molecule has 0 aliphatic carbocycles. The molecule has 0 aliphatic rings. The van der Waals surface area contributed by atoms with Gasteiger partial charge in [-0.3, -0.25) is 9.36 Å².